The van der Waals surface area contributed by atoms with Crippen LogP contribution in [0.2, 0.25) is 0 Å². The van der Waals surface area contributed by atoms with E-state index in [0.29, 0.717) is 0 Å². The Kier molecular flexibility index (Phi) is 3.62. The lowest BCUT2D eigenvalue weighted by Crippen LogP contribution is -2.60. The number of ether oxygens (including phenoxy) is 1. The molecule has 0 saturated carbocycles. The summed E-state index contributed by atoms with van der Waals surface area (Å²) in [7, 11) is 2.18. The van der Waals surface area contributed by atoms with Crippen molar-refractivity contribution in [3.8, 4) is 0 Å². The van der Waals surface area contributed by atoms with E-state index >= 15 is 0 Å². The smallest absolute Gasteiger partial charge is 0.253 e. The van der Waals surface area contributed by atoms with Crippen molar-refractivity contribution in [2.75, 3.05) is 39.9 Å². The van der Waals surface area contributed by atoms with E-state index in [0.717, 1.165) is 62.2 Å². The predicted molar refractivity (Wildman–Crippen MR) is 89.6 cm³/mol. The molecule has 3 heterocycles. The van der Waals surface area contributed by atoms with E-state index in [1.807, 2.05) is 35.4 Å². The third-order valence-electron chi connectivity index (χ3n) is 5.53. The summed E-state index contributed by atoms with van der Waals surface area (Å²) in [4.78, 5) is 20.4. The molecule has 1 N–H and O–H groups in total. The second-order valence-corrected chi connectivity index (χ2v) is 6.77. The van der Waals surface area contributed by atoms with E-state index in [9.17, 15) is 4.79 Å². The number of aromatic nitrogens is 1. The first-order valence-corrected chi connectivity index (χ1v) is 8.33. The molecule has 2 fully saturated rings. The maximum absolute atomic E-state index is 12.8. The number of nitrogens with zero attached hydrogens (tertiary/aromatic N) is 2. The molecule has 1 aromatic carbocycles. The van der Waals surface area contributed by atoms with Gasteiger partial charge in [-0.2, -0.15) is 0 Å². The van der Waals surface area contributed by atoms with E-state index in [2.05, 4.69) is 16.9 Å². The molecule has 5 nitrogen and oxygen atoms in total. The van der Waals surface area contributed by atoms with Crippen molar-refractivity contribution in [1.82, 2.24) is 14.8 Å². The van der Waals surface area contributed by atoms with E-state index in [1.54, 1.807) is 0 Å². The quantitative estimate of drug-likeness (QED) is 0.877. The first kappa shape index (κ1) is 14.7. The number of hydrogen-bond donors (Lipinski definition) is 1. The molecule has 122 valence electrons. The van der Waals surface area contributed by atoms with Crippen molar-refractivity contribution in [2.45, 2.75) is 18.4 Å². The summed E-state index contributed by atoms with van der Waals surface area (Å²) in [6.07, 6.45) is 3.88. The molecule has 2 saturated heterocycles. The Morgan fingerprint density at radius 2 is 2.04 bits per heavy atom. The van der Waals surface area contributed by atoms with Gasteiger partial charge in [-0.05, 0) is 43.5 Å². The maximum Gasteiger partial charge on any atom is 0.253 e. The predicted octanol–water partition coefficient (Wildman–Crippen LogP) is 2.10. The second-order valence-electron chi connectivity index (χ2n) is 6.77. The summed E-state index contributed by atoms with van der Waals surface area (Å²) < 4.78 is 5.70. The van der Waals surface area contributed by atoms with Crippen LogP contribution in [0.15, 0.2) is 30.5 Å². The highest BCUT2D eigenvalue weighted by molar-refractivity contribution is 5.98. The fraction of sp³-hybridized carbons (Fsp3) is 0.500. The number of aromatic amines is 1. The molecule has 0 unspecified atom stereocenters. The van der Waals surface area contributed by atoms with E-state index in [-0.39, 0.29) is 11.4 Å². The number of H-pyrrole nitrogens is 1. The van der Waals surface area contributed by atoms with Gasteiger partial charge in [-0.15, -0.1) is 0 Å². The summed E-state index contributed by atoms with van der Waals surface area (Å²) in [6.45, 7) is 4.19. The third kappa shape index (κ3) is 2.54. The minimum absolute atomic E-state index is 0.123. The number of piperidine rings is 1. The van der Waals surface area contributed by atoms with E-state index in [4.69, 9.17) is 4.74 Å². The van der Waals surface area contributed by atoms with Gasteiger partial charge in [0.25, 0.3) is 5.91 Å². The molecule has 0 atom stereocenters. The SMILES string of the molecule is CN1CCOCC12CCN(C(=O)c1ccc3cc[nH]c3c1)CC2. The van der Waals surface area contributed by atoms with Gasteiger partial charge < -0.3 is 14.6 Å². The highest BCUT2D eigenvalue weighted by atomic mass is 16.5. The van der Waals surface area contributed by atoms with Crippen LogP contribution in [0.25, 0.3) is 10.9 Å². The summed E-state index contributed by atoms with van der Waals surface area (Å²) in [5, 5.41) is 1.14. The van der Waals surface area contributed by atoms with Crippen molar-refractivity contribution >= 4 is 16.8 Å². The van der Waals surface area contributed by atoms with Gasteiger partial charge in [-0.3, -0.25) is 9.69 Å². The Hall–Kier alpha value is -1.85. The van der Waals surface area contributed by atoms with Crippen LogP contribution in [0.5, 0.6) is 0 Å². The molecule has 0 bridgehead atoms. The lowest BCUT2D eigenvalue weighted by molar-refractivity contribution is -0.0796. The highest BCUT2D eigenvalue weighted by Crippen LogP contribution is 2.31. The largest absolute Gasteiger partial charge is 0.378 e. The van der Waals surface area contributed by atoms with Crippen LogP contribution < -0.4 is 0 Å². The first-order chi connectivity index (χ1) is 11.2. The Morgan fingerprint density at radius 3 is 2.83 bits per heavy atom. The van der Waals surface area contributed by atoms with Crippen molar-refractivity contribution in [2.24, 2.45) is 0 Å². The van der Waals surface area contributed by atoms with Gasteiger partial charge in [0.15, 0.2) is 0 Å². The molecule has 1 spiro atoms. The molecule has 0 aliphatic carbocycles. The molecule has 1 aromatic heterocycles. The van der Waals surface area contributed by atoms with Crippen LogP contribution in [0, 0.1) is 0 Å². The van der Waals surface area contributed by atoms with Crippen molar-refractivity contribution < 1.29 is 9.53 Å². The second kappa shape index (κ2) is 5.65. The van der Waals surface area contributed by atoms with Crippen LogP contribution in [-0.4, -0.2) is 66.1 Å². The third-order valence-corrected chi connectivity index (χ3v) is 5.53. The molecule has 5 heteroatoms. The van der Waals surface area contributed by atoms with E-state index in [1.165, 1.54) is 0 Å². The summed E-state index contributed by atoms with van der Waals surface area (Å²) in [6, 6.07) is 7.91. The Morgan fingerprint density at radius 1 is 1.22 bits per heavy atom. The van der Waals surface area contributed by atoms with Crippen LogP contribution >= 0.6 is 0 Å². The molecule has 1 amide bonds. The summed E-state index contributed by atoms with van der Waals surface area (Å²) in [5.74, 6) is 0.135. The molecule has 0 radical (unpaired) electrons. The Bertz CT molecular complexity index is 716. The van der Waals surface area contributed by atoms with E-state index < -0.39 is 0 Å². The molecular weight excluding hydrogens is 290 g/mol. The molecule has 2 aliphatic heterocycles. The van der Waals surface area contributed by atoms with Crippen molar-refractivity contribution in [1.29, 1.82) is 0 Å². The number of nitrogens with one attached hydrogen (secondary N) is 1. The molecule has 2 aromatic rings. The Balaban J connectivity index is 1.48. The van der Waals surface area contributed by atoms with Crippen LogP contribution in [0.1, 0.15) is 23.2 Å². The van der Waals surface area contributed by atoms with Crippen LogP contribution in [-0.2, 0) is 4.74 Å². The number of hydrogen-bond acceptors (Lipinski definition) is 3. The maximum atomic E-state index is 12.8. The standard InChI is InChI=1S/C18H23N3O2/c1-20-10-11-23-13-18(20)5-8-21(9-6-18)17(22)15-3-2-14-4-7-19-16(14)12-15/h2-4,7,12,19H,5-6,8-11,13H2,1H3. The number of fused-ring (bicyclic) bond motifs is 1. The van der Waals surface area contributed by atoms with Gasteiger partial charge in [0.2, 0.25) is 0 Å². The van der Waals surface area contributed by atoms with Gasteiger partial charge >= 0.3 is 0 Å². The zero-order valence-electron chi connectivity index (χ0n) is 13.5. The number of likely N-dealkylation sites (tertiary alicyclic amines) is 1. The zero-order chi connectivity index (χ0) is 15.9. The summed E-state index contributed by atoms with van der Waals surface area (Å²) in [5.41, 5.74) is 1.91. The number of morpholine rings is 1. The number of carbonyl (C=O) groups is 1. The number of benzene rings is 1. The fourth-order valence-corrected chi connectivity index (χ4v) is 3.83. The first-order valence-electron chi connectivity index (χ1n) is 8.33. The van der Waals surface area contributed by atoms with Gasteiger partial charge in [0.05, 0.1) is 13.2 Å². The average molecular weight is 313 g/mol. The average Bonchev–Trinajstić information content (AvgIpc) is 3.05. The highest BCUT2D eigenvalue weighted by Gasteiger charge is 2.41. The zero-order valence-corrected chi connectivity index (χ0v) is 13.5. The number of likely N-dealkylation sites (N-methyl/N-ethyl adjacent to an activating group) is 1. The fourth-order valence-electron chi connectivity index (χ4n) is 3.83. The summed E-state index contributed by atoms with van der Waals surface area (Å²) >= 11 is 0. The number of rotatable bonds is 1. The minimum atomic E-state index is 0.123. The molecule has 4 rings (SSSR count). The van der Waals surface area contributed by atoms with Gasteiger partial charge in [-0.25, -0.2) is 0 Å². The van der Waals surface area contributed by atoms with Crippen LogP contribution in [0.4, 0.5) is 0 Å². The topological polar surface area (TPSA) is 48.6 Å². The normalized spacial score (nSPS) is 21.9. The van der Waals surface area contributed by atoms with Crippen LogP contribution in [0.3, 0.4) is 0 Å². The minimum Gasteiger partial charge on any atom is -0.378 e. The van der Waals surface area contributed by atoms with Gasteiger partial charge in [0, 0.05) is 42.5 Å². The molecule has 2 aliphatic rings. The number of amides is 1. The van der Waals surface area contributed by atoms with Gasteiger partial charge in [0.1, 0.15) is 0 Å². The molecule has 23 heavy (non-hydrogen) atoms. The van der Waals surface area contributed by atoms with Gasteiger partial charge in [-0.1, -0.05) is 6.07 Å². The number of carbonyl (C=O) groups excluding carboxylic acids is 1. The Labute approximate surface area is 136 Å². The van der Waals surface area contributed by atoms with Crippen molar-refractivity contribution in [3.63, 3.8) is 0 Å². The lowest BCUT2D eigenvalue weighted by atomic mass is 9.85. The molecular formula is C18H23N3O2. The monoisotopic (exact) mass is 313 g/mol. The lowest BCUT2D eigenvalue weighted by Gasteiger charge is -2.49. The van der Waals surface area contributed by atoms with Crippen molar-refractivity contribution in [3.05, 3.63) is 36.0 Å².